The van der Waals surface area contributed by atoms with Crippen LogP contribution in [-0.2, 0) is 4.74 Å². The van der Waals surface area contributed by atoms with Crippen LogP contribution in [0.25, 0.3) is 0 Å². The van der Waals surface area contributed by atoms with Crippen molar-refractivity contribution in [3.05, 3.63) is 0 Å². The number of likely N-dealkylation sites (tertiary alicyclic amines) is 1. The Hall–Kier alpha value is -0.120. The standard InChI is InChI=1S/C14H28N2O/c1-12(13-4-9-17-10-13)15-11-14(2)5-7-16(3)8-6-14/h12-13,15H,4-11H2,1-3H3. The third-order valence-electron chi connectivity index (χ3n) is 4.72. The van der Waals surface area contributed by atoms with Crippen molar-refractivity contribution in [2.24, 2.45) is 11.3 Å². The van der Waals surface area contributed by atoms with Gasteiger partial charge in [0, 0.05) is 19.2 Å². The number of ether oxygens (including phenoxy) is 1. The Labute approximate surface area is 106 Å². The Bertz CT molecular complexity index is 230. The highest BCUT2D eigenvalue weighted by molar-refractivity contribution is 4.85. The quantitative estimate of drug-likeness (QED) is 0.810. The number of hydrogen-bond acceptors (Lipinski definition) is 3. The third kappa shape index (κ3) is 3.67. The van der Waals surface area contributed by atoms with E-state index in [-0.39, 0.29) is 0 Å². The molecule has 0 aliphatic carbocycles. The van der Waals surface area contributed by atoms with E-state index >= 15 is 0 Å². The molecular weight excluding hydrogens is 212 g/mol. The van der Waals surface area contributed by atoms with Crippen molar-refractivity contribution in [3.8, 4) is 0 Å². The van der Waals surface area contributed by atoms with Gasteiger partial charge in [0.2, 0.25) is 0 Å². The minimum Gasteiger partial charge on any atom is -0.381 e. The maximum atomic E-state index is 5.46. The highest BCUT2D eigenvalue weighted by atomic mass is 16.5. The lowest BCUT2D eigenvalue weighted by atomic mass is 9.80. The molecule has 100 valence electrons. The summed E-state index contributed by atoms with van der Waals surface area (Å²) in [6, 6.07) is 0.606. The van der Waals surface area contributed by atoms with Crippen LogP contribution in [0.5, 0.6) is 0 Å². The molecule has 3 heteroatoms. The molecule has 0 aromatic carbocycles. The molecule has 0 radical (unpaired) electrons. The highest BCUT2D eigenvalue weighted by Crippen LogP contribution is 2.30. The first kappa shape index (κ1) is 13.3. The molecule has 0 spiro atoms. The largest absolute Gasteiger partial charge is 0.381 e. The summed E-state index contributed by atoms with van der Waals surface area (Å²) in [5.74, 6) is 0.727. The molecule has 2 heterocycles. The molecule has 3 nitrogen and oxygen atoms in total. The van der Waals surface area contributed by atoms with E-state index in [1.807, 2.05) is 0 Å². The van der Waals surface area contributed by atoms with Crippen LogP contribution in [0.3, 0.4) is 0 Å². The van der Waals surface area contributed by atoms with Crippen molar-refractivity contribution in [2.45, 2.75) is 39.2 Å². The Morgan fingerprint density at radius 3 is 2.71 bits per heavy atom. The second-order valence-electron chi connectivity index (χ2n) is 6.41. The van der Waals surface area contributed by atoms with Crippen LogP contribution in [0.15, 0.2) is 0 Å². The first-order valence-corrected chi connectivity index (χ1v) is 7.09. The normalized spacial score (nSPS) is 31.6. The lowest BCUT2D eigenvalue weighted by Crippen LogP contribution is -2.45. The number of hydrogen-bond donors (Lipinski definition) is 1. The van der Waals surface area contributed by atoms with E-state index in [2.05, 4.69) is 31.1 Å². The lowest BCUT2D eigenvalue weighted by molar-refractivity contribution is 0.128. The summed E-state index contributed by atoms with van der Waals surface area (Å²) < 4.78 is 5.46. The minimum absolute atomic E-state index is 0.500. The van der Waals surface area contributed by atoms with Crippen molar-refractivity contribution in [1.82, 2.24) is 10.2 Å². The van der Waals surface area contributed by atoms with Gasteiger partial charge in [0.25, 0.3) is 0 Å². The molecule has 0 saturated carbocycles. The zero-order chi connectivity index (χ0) is 12.3. The summed E-state index contributed by atoms with van der Waals surface area (Å²) in [6.45, 7) is 10.3. The van der Waals surface area contributed by atoms with Gasteiger partial charge in [-0.25, -0.2) is 0 Å². The van der Waals surface area contributed by atoms with Crippen molar-refractivity contribution < 1.29 is 4.74 Å². The average Bonchev–Trinajstić information content (AvgIpc) is 2.84. The van der Waals surface area contributed by atoms with Crippen LogP contribution in [0.2, 0.25) is 0 Å². The zero-order valence-electron chi connectivity index (χ0n) is 11.7. The van der Waals surface area contributed by atoms with Crippen LogP contribution in [-0.4, -0.2) is 50.8 Å². The minimum atomic E-state index is 0.500. The van der Waals surface area contributed by atoms with Gasteiger partial charge in [-0.2, -0.15) is 0 Å². The van der Waals surface area contributed by atoms with Crippen molar-refractivity contribution in [3.63, 3.8) is 0 Å². The maximum Gasteiger partial charge on any atom is 0.0509 e. The van der Waals surface area contributed by atoms with Crippen LogP contribution in [0, 0.1) is 11.3 Å². The van der Waals surface area contributed by atoms with Gasteiger partial charge in [-0.3, -0.25) is 0 Å². The smallest absolute Gasteiger partial charge is 0.0509 e. The Kier molecular flexibility index (Phi) is 4.45. The third-order valence-corrected chi connectivity index (χ3v) is 4.72. The summed E-state index contributed by atoms with van der Waals surface area (Å²) in [4.78, 5) is 2.44. The van der Waals surface area contributed by atoms with Gasteiger partial charge >= 0.3 is 0 Å². The van der Waals surface area contributed by atoms with E-state index in [4.69, 9.17) is 4.74 Å². The summed E-state index contributed by atoms with van der Waals surface area (Å²) in [6.07, 6.45) is 3.88. The molecule has 2 aliphatic heterocycles. The topological polar surface area (TPSA) is 24.5 Å². The second-order valence-corrected chi connectivity index (χ2v) is 6.41. The van der Waals surface area contributed by atoms with E-state index in [0.29, 0.717) is 11.5 Å². The number of nitrogens with zero attached hydrogens (tertiary/aromatic N) is 1. The van der Waals surface area contributed by atoms with Gasteiger partial charge in [-0.05, 0) is 57.7 Å². The van der Waals surface area contributed by atoms with E-state index in [1.54, 1.807) is 0 Å². The fraction of sp³-hybridized carbons (Fsp3) is 1.00. The molecule has 2 unspecified atom stereocenters. The molecular formula is C14H28N2O. The van der Waals surface area contributed by atoms with Gasteiger partial charge in [0.05, 0.1) is 6.61 Å². The van der Waals surface area contributed by atoms with E-state index in [9.17, 15) is 0 Å². The molecule has 17 heavy (non-hydrogen) atoms. The number of piperidine rings is 1. The predicted octanol–water partition coefficient (Wildman–Crippen LogP) is 1.73. The average molecular weight is 240 g/mol. The van der Waals surface area contributed by atoms with Gasteiger partial charge in [0.15, 0.2) is 0 Å². The first-order chi connectivity index (χ1) is 8.09. The lowest BCUT2D eigenvalue weighted by Gasteiger charge is -2.39. The van der Waals surface area contributed by atoms with Crippen LogP contribution in [0.4, 0.5) is 0 Å². The predicted molar refractivity (Wildman–Crippen MR) is 71.2 cm³/mol. The van der Waals surface area contributed by atoms with Gasteiger partial charge < -0.3 is 15.0 Å². The van der Waals surface area contributed by atoms with Crippen molar-refractivity contribution >= 4 is 0 Å². The first-order valence-electron chi connectivity index (χ1n) is 7.09. The van der Waals surface area contributed by atoms with Gasteiger partial charge in [-0.1, -0.05) is 6.92 Å². The highest BCUT2D eigenvalue weighted by Gasteiger charge is 2.30. The molecule has 0 amide bonds. The van der Waals surface area contributed by atoms with Crippen molar-refractivity contribution in [1.29, 1.82) is 0 Å². The Morgan fingerprint density at radius 1 is 1.41 bits per heavy atom. The fourth-order valence-corrected chi connectivity index (χ4v) is 2.86. The molecule has 0 aromatic heterocycles. The molecule has 1 N–H and O–H groups in total. The Balaban J connectivity index is 1.73. The fourth-order valence-electron chi connectivity index (χ4n) is 2.86. The summed E-state index contributed by atoms with van der Waals surface area (Å²) >= 11 is 0. The second kappa shape index (κ2) is 5.68. The molecule has 2 rings (SSSR count). The number of rotatable bonds is 4. The van der Waals surface area contributed by atoms with Crippen LogP contribution in [0.1, 0.15) is 33.1 Å². The molecule has 2 aliphatic rings. The van der Waals surface area contributed by atoms with Gasteiger partial charge in [-0.15, -0.1) is 0 Å². The summed E-state index contributed by atoms with van der Waals surface area (Å²) in [5, 5.41) is 3.75. The van der Waals surface area contributed by atoms with Gasteiger partial charge in [0.1, 0.15) is 0 Å². The monoisotopic (exact) mass is 240 g/mol. The van der Waals surface area contributed by atoms with E-state index in [0.717, 1.165) is 19.1 Å². The number of nitrogens with one attached hydrogen (secondary N) is 1. The van der Waals surface area contributed by atoms with E-state index in [1.165, 1.54) is 38.9 Å². The molecule has 2 saturated heterocycles. The molecule has 2 fully saturated rings. The van der Waals surface area contributed by atoms with Crippen LogP contribution < -0.4 is 5.32 Å². The molecule has 2 atom stereocenters. The molecule has 0 bridgehead atoms. The zero-order valence-corrected chi connectivity index (χ0v) is 11.7. The van der Waals surface area contributed by atoms with E-state index < -0.39 is 0 Å². The van der Waals surface area contributed by atoms with Crippen LogP contribution >= 0.6 is 0 Å². The SMILES string of the molecule is CC(NCC1(C)CCN(C)CC1)C1CCOC1. The van der Waals surface area contributed by atoms with Crippen molar-refractivity contribution in [2.75, 3.05) is 39.9 Å². The summed E-state index contributed by atoms with van der Waals surface area (Å²) in [5.41, 5.74) is 0.500. The Morgan fingerprint density at radius 2 is 2.12 bits per heavy atom. The summed E-state index contributed by atoms with van der Waals surface area (Å²) in [7, 11) is 2.23. The maximum absolute atomic E-state index is 5.46. The molecule has 0 aromatic rings.